The fourth-order valence-electron chi connectivity index (χ4n) is 2.32. The summed E-state index contributed by atoms with van der Waals surface area (Å²) in [6.07, 6.45) is 2.79. The standard InChI is InChI=1S/C17H22N2OS2/c1-12(2)15-14(11-13-7-5-4-6-8-13)18-17(19-16(15)20)22-10-9-21-3/h4-8,12H,9-11H2,1-3H3,(H,18,19,20). The molecule has 1 aromatic heterocycles. The van der Waals surface area contributed by atoms with E-state index in [1.54, 1.807) is 23.5 Å². The van der Waals surface area contributed by atoms with Gasteiger partial charge in [0, 0.05) is 23.5 Å². The van der Waals surface area contributed by atoms with Crippen LogP contribution in [0.4, 0.5) is 0 Å². The quantitative estimate of drug-likeness (QED) is 0.473. The Morgan fingerprint density at radius 1 is 1.18 bits per heavy atom. The van der Waals surface area contributed by atoms with Crippen LogP contribution in [0.25, 0.3) is 0 Å². The van der Waals surface area contributed by atoms with E-state index in [0.717, 1.165) is 27.9 Å². The Labute approximate surface area is 140 Å². The highest BCUT2D eigenvalue weighted by Crippen LogP contribution is 2.20. The molecule has 0 aliphatic carbocycles. The minimum Gasteiger partial charge on any atom is -0.301 e. The molecular weight excluding hydrogens is 312 g/mol. The molecule has 0 spiro atoms. The molecule has 2 rings (SSSR count). The molecule has 1 heterocycles. The summed E-state index contributed by atoms with van der Waals surface area (Å²) < 4.78 is 0. The third-order valence-electron chi connectivity index (χ3n) is 3.33. The van der Waals surface area contributed by atoms with Crippen molar-refractivity contribution in [2.45, 2.75) is 31.3 Å². The van der Waals surface area contributed by atoms with Gasteiger partial charge in [-0.15, -0.1) is 0 Å². The Bertz CT molecular complexity index is 653. The first kappa shape index (κ1) is 17.2. The van der Waals surface area contributed by atoms with Crippen LogP contribution in [0.15, 0.2) is 40.3 Å². The van der Waals surface area contributed by atoms with E-state index < -0.39 is 0 Å². The SMILES string of the molecule is CSCCSc1nc(Cc2ccccc2)c(C(C)C)c(=O)[nH]1. The first-order valence-electron chi connectivity index (χ1n) is 7.40. The molecule has 5 heteroatoms. The molecule has 1 aromatic carbocycles. The molecule has 22 heavy (non-hydrogen) atoms. The summed E-state index contributed by atoms with van der Waals surface area (Å²) in [6, 6.07) is 10.2. The number of thioether (sulfide) groups is 2. The zero-order valence-electron chi connectivity index (χ0n) is 13.3. The van der Waals surface area contributed by atoms with Gasteiger partial charge in [0.25, 0.3) is 5.56 Å². The predicted molar refractivity (Wildman–Crippen MR) is 97.3 cm³/mol. The normalized spacial score (nSPS) is 11.1. The van der Waals surface area contributed by atoms with Crippen molar-refractivity contribution in [3.05, 3.63) is 57.5 Å². The molecule has 2 aromatic rings. The van der Waals surface area contributed by atoms with E-state index in [0.29, 0.717) is 6.42 Å². The molecule has 0 radical (unpaired) electrons. The predicted octanol–water partition coefficient (Wildman–Crippen LogP) is 3.94. The van der Waals surface area contributed by atoms with Gasteiger partial charge in [-0.25, -0.2) is 4.98 Å². The van der Waals surface area contributed by atoms with Crippen molar-refractivity contribution in [1.29, 1.82) is 0 Å². The molecule has 0 fully saturated rings. The number of hydrogen-bond acceptors (Lipinski definition) is 4. The first-order valence-corrected chi connectivity index (χ1v) is 9.78. The summed E-state index contributed by atoms with van der Waals surface area (Å²) in [4.78, 5) is 20.1. The lowest BCUT2D eigenvalue weighted by molar-refractivity contribution is 0.764. The highest BCUT2D eigenvalue weighted by atomic mass is 32.2. The monoisotopic (exact) mass is 334 g/mol. The van der Waals surface area contributed by atoms with E-state index in [-0.39, 0.29) is 11.5 Å². The number of hydrogen-bond donors (Lipinski definition) is 1. The first-order chi connectivity index (χ1) is 10.6. The third-order valence-corrected chi connectivity index (χ3v) is 5.08. The highest BCUT2D eigenvalue weighted by molar-refractivity contribution is 8.02. The van der Waals surface area contributed by atoms with Crippen LogP contribution < -0.4 is 5.56 Å². The second-order valence-corrected chi connectivity index (χ2v) is 7.46. The van der Waals surface area contributed by atoms with E-state index in [1.807, 2.05) is 32.0 Å². The maximum atomic E-state index is 12.4. The Morgan fingerprint density at radius 3 is 2.55 bits per heavy atom. The summed E-state index contributed by atoms with van der Waals surface area (Å²) in [5, 5.41) is 0.731. The van der Waals surface area contributed by atoms with E-state index in [4.69, 9.17) is 4.98 Å². The van der Waals surface area contributed by atoms with E-state index >= 15 is 0 Å². The minimum atomic E-state index is 0.00239. The third kappa shape index (κ3) is 4.65. The topological polar surface area (TPSA) is 45.8 Å². The average molecular weight is 335 g/mol. The zero-order valence-corrected chi connectivity index (χ0v) is 14.9. The van der Waals surface area contributed by atoms with Gasteiger partial charge in [0.15, 0.2) is 5.16 Å². The molecule has 0 aliphatic heterocycles. The van der Waals surface area contributed by atoms with Gasteiger partial charge in [0.2, 0.25) is 0 Å². The van der Waals surface area contributed by atoms with Crippen LogP contribution in [0.5, 0.6) is 0 Å². The molecule has 0 saturated carbocycles. The Kier molecular flexibility index (Phi) is 6.58. The number of benzene rings is 1. The lowest BCUT2D eigenvalue weighted by atomic mass is 9.99. The molecule has 0 atom stereocenters. The van der Waals surface area contributed by atoms with Gasteiger partial charge in [0.1, 0.15) is 0 Å². The number of aromatic nitrogens is 2. The fourth-order valence-corrected chi connectivity index (χ4v) is 3.85. The number of aromatic amines is 1. The number of nitrogens with zero attached hydrogens (tertiary/aromatic N) is 1. The number of nitrogens with one attached hydrogen (secondary N) is 1. The second-order valence-electron chi connectivity index (χ2n) is 5.39. The van der Waals surface area contributed by atoms with Crippen molar-refractivity contribution in [2.24, 2.45) is 0 Å². The summed E-state index contributed by atoms with van der Waals surface area (Å²) >= 11 is 3.42. The molecule has 118 valence electrons. The van der Waals surface area contributed by atoms with Crippen molar-refractivity contribution in [2.75, 3.05) is 17.8 Å². The van der Waals surface area contributed by atoms with Crippen LogP contribution in [0.3, 0.4) is 0 Å². The van der Waals surface area contributed by atoms with Crippen LogP contribution in [-0.4, -0.2) is 27.7 Å². The molecule has 0 unspecified atom stereocenters. The summed E-state index contributed by atoms with van der Waals surface area (Å²) in [7, 11) is 0. The number of rotatable bonds is 7. The fraction of sp³-hybridized carbons (Fsp3) is 0.412. The van der Waals surface area contributed by atoms with Gasteiger partial charge >= 0.3 is 0 Å². The van der Waals surface area contributed by atoms with Gasteiger partial charge in [-0.05, 0) is 17.7 Å². The average Bonchev–Trinajstić information content (AvgIpc) is 2.47. The lowest BCUT2D eigenvalue weighted by Gasteiger charge is -2.12. The summed E-state index contributed by atoms with van der Waals surface area (Å²) in [5.74, 6) is 2.17. The van der Waals surface area contributed by atoms with Crippen LogP contribution in [-0.2, 0) is 6.42 Å². The van der Waals surface area contributed by atoms with Crippen molar-refractivity contribution >= 4 is 23.5 Å². The van der Waals surface area contributed by atoms with E-state index in [1.165, 1.54) is 5.56 Å². The van der Waals surface area contributed by atoms with E-state index in [2.05, 4.69) is 23.4 Å². The maximum absolute atomic E-state index is 12.4. The maximum Gasteiger partial charge on any atom is 0.255 e. The molecule has 3 nitrogen and oxygen atoms in total. The van der Waals surface area contributed by atoms with Gasteiger partial charge in [-0.3, -0.25) is 4.79 Å². The van der Waals surface area contributed by atoms with Gasteiger partial charge in [-0.2, -0.15) is 11.8 Å². The van der Waals surface area contributed by atoms with Crippen LogP contribution in [0.1, 0.15) is 36.6 Å². The molecule has 0 saturated heterocycles. The smallest absolute Gasteiger partial charge is 0.255 e. The van der Waals surface area contributed by atoms with Gasteiger partial charge in [-0.1, -0.05) is 55.9 Å². The minimum absolute atomic E-state index is 0.00239. The summed E-state index contributed by atoms with van der Waals surface area (Å²) in [6.45, 7) is 4.09. The Balaban J connectivity index is 2.33. The molecule has 0 aliphatic rings. The lowest BCUT2D eigenvalue weighted by Crippen LogP contribution is -2.20. The van der Waals surface area contributed by atoms with Crippen molar-refractivity contribution < 1.29 is 0 Å². The summed E-state index contributed by atoms with van der Waals surface area (Å²) in [5.41, 5.74) is 2.89. The largest absolute Gasteiger partial charge is 0.301 e. The van der Waals surface area contributed by atoms with Crippen molar-refractivity contribution in [3.8, 4) is 0 Å². The van der Waals surface area contributed by atoms with Gasteiger partial charge < -0.3 is 4.98 Å². The molecule has 0 amide bonds. The molecular formula is C17H22N2OS2. The molecule has 1 N–H and O–H groups in total. The zero-order chi connectivity index (χ0) is 15.9. The van der Waals surface area contributed by atoms with Crippen LogP contribution in [0.2, 0.25) is 0 Å². The Hall–Kier alpha value is -1.20. The highest BCUT2D eigenvalue weighted by Gasteiger charge is 2.15. The van der Waals surface area contributed by atoms with Crippen LogP contribution >= 0.6 is 23.5 Å². The Morgan fingerprint density at radius 2 is 1.91 bits per heavy atom. The van der Waals surface area contributed by atoms with Crippen LogP contribution in [0, 0.1) is 0 Å². The number of H-pyrrole nitrogens is 1. The molecule has 0 bridgehead atoms. The van der Waals surface area contributed by atoms with Gasteiger partial charge in [0.05, 0.1) is 5.69 Å². The van der Waals surface area contributed by atoms with Crippen molar-refractivity contribution in [1.82, 2.24) is 9.97 Å². The second kappa shape index (κ2) is 8.44. The van der Waals surface area contributed by atoms with Crippen molar-refractivity contribution in [3.63, 3.8) is 0 Å². The van der Waals surface area contributed by atoms with E-state index in [9.17, 15) is 4.79 Å².